The Morgan fingerprint density at radius 2 is 2.05 bits per heavy atom. The Morgan fingerprint density at radius 3 is 2.68 bits per heavy atom. The first-order valence-corrected chi connectivity index (χ1v) is 6.55. The van der Waals surface area contributed by atoms with Crippen LogP contribution in [0.4, 0.5) is 4.39 Å². The molecule has 3 heteroatoms. The van der Waals surface area contributed by atoms with Crippen LogP contribution in [0.25, 0.3) is 0 Å². The number of rotatable bonds is 4. The van der Waals surface area contributed by atoms with Gasteiger partial charge in [-0.15, -0.1) is 0 Å². The number of aromatic nitrogens is 1. The van der Waals surface area contributed by atoms with Crippen LogP contribution in [0.1, 0.15) is 35.3 Å². The molecule has 1 heterocycles. The summed E-state index contributed by atoms with van der Waals surface area (Å²) < 4.78 is 13.3. The van der Waals surface area contributed by atoms with Crippen molar-refractivity contribution in [2.75, 3.05) is 0 Å². The molecular weight excluding hydrogens is 239 g/mol. The van der Waals surface area contributed by atoms with Crippen molar-refractivity contribution < 1.29 is 4.39 Å². The van der Waals surface area contributed by atoms with Crippen LogP contribution in [0.2, 0.25) is 0 Å². The van der Waals surface area contributed by atoms with Crippen LogP contribution in [-0.4, -0.2) is 4.98 Å². The first-order chi connectivity index (χ1) is 9.10. The number of aryl methyl sites for hydroxylation is 2. The van der Waals surface area contributed by atoms with Gasteiger partial charge in [0, 0.05) is 24.4 Å². The number of nitrogens with zero attached hydrogens (tertiary/aromatic N) is 1. The molecule has 1 atom stereocenters. The van der Waals surface area contributed by atoms with E-state index in [0.29, 0.717) is 6.42 Å². The van der Waals surface area contributed by atoms with Gasteiger partial charge in [-0.1, -0.05) is 19.1 Å². The van der Waals surface area contributed by atoms with Gasteiger partial charge in [-0.05, 0) is 48.2 Å². The third-order valence-corrected chi connectivity index (χ3v) is 3.36. The minimum atomic E-state index is -0.245. The van der Waals surface area contributed by atoms with Gasteiger partial charge in [0.15, 0.2) is 0 Å². The molecule has 0 aliphatic carbocycles. The molecule has 0 fully saturated rings. The summed E-state index contributed by atoms with van der Waals surface area (Å²) in [5.41, 5.74) is 10.2. The minimum Gasteiger partial charge on any atom is -0.324 e. The molecule has 0 aliphatic rings. The highest BCUT2D eigenvalue weighted by Gasteiger charge is 2.11. The van der Waals surface area contributed by atoms with Gasteiger partial charge in [-0.3, -0.25) is 4.98 Å². The molecule has 100 valence electrons. The molecule has 0 saturated carbocycles. The summed E-state index contributed by atoms with van der Waals surface area (Å²) in [5.74, 6) is -0.245. The molecule has 0 bridgehead atoms. The SMILES string of the molecule is CCc1ccc(CC(N)c2cc(F)ccc2C)nc1. The Kier molecular flexibility index (Phi) is 4.27. The van der Waals surface area contributed by atoms with E-state index in [1.807, 2.05) is 19.2 Å². The van der Waals surface area contributed by atoms with E-state index in [9.17, 15) is 4.39 Å². The molecule has 1 unspecified atom stereocenters. The average molecular weight is 258 g/mol. The second-order valence-corrected chi connectivity index (χ2v) is 4.82. The monoisotopic (exact) mass is 258 g/mol. The van der Waals surface area contributed by atoms with Gasteiger partial charge in [0.05, 0.1) is 0 Å². The molecule has 2 nitrogen and oxygen atoms in total. The van der Waals surface area contributed by atoms with Crippen molar-refractivity contribution >= 4 is 0 Å². The average Bonchev–Trinajstić information content (AvgIpc) is 2.42. The van der Waals surface area contributed by atoms with Gasteiger partial charge in [-0.2, -0.15) is 0 Å². The van der Waals surface area contributed by atoms with Gasteiger partial charge in [-0.25, -0.2) is 4.39 Å². The molecule has 1 aromatic heterocycles. The number of benzene rings is 1. The fourth-order valence-electron chi connectivity index (χ4n) is 2.13. The zero-order valence-corrected chi connectivity index (χ0v) is 11.4. The van der Waals surface area contributed by atoms with Gasteiger partial charge >= 0.3 is 0 Å². The van der Waals surface area contributed by atoms with E-state index in [4.69, 9.17) is 5.73 Å². The van der Waals surface area contributed by atoms with Crippen LogP contribution in [0.15, 0.2) is 36.5 Å². The van der Waals surface area contributed by atoms with Gasteiger partial charge < -0.3 is 5.73 Å². The normalized spacial score (nSPS) is 12.4. The fourth-order valence-corrected chi connectivity index (χ4v) is 2.13. The first-order valence-electron chi connectivity index (χ1n) is 6.55. The second kappa shape index (κ2) is 5.93. The van der Waals surface area contributed by atoms with Gasteiger partial charge in [0.2, 0.25) is 0 Å². The molecule has 2 N–H and O–H groups in total. The number of pyridine rings is 1. The summed E-state index contributed by atoms with van der Waals surface area (Å²) in [4.78, 5) is 4.39. The Bertz CT molecular complexity index is 549. The third kappa shape index (κ3) is 3.38. The van der Waals surface area contributed by atoms with Crippen molar-refractivity contribution in [3.8, 4) is 0 Å². The maximum atomic E-state index is 13.3. The minimum absolute atomic E-state index is 0.226. The lowest BCUT2D eigenvalue weighted by molar-refractivity contribution is 0.616. The molecule has 0 spiro atoms. The quantitative estimate of drug-likeness (QED) is 0.913. The molecule has 1 aromatic carbocycles. The van der Waals surface area contributed by atoms with Crippen LogP contribution in [-0.2, 0) is 12.8 Å². The fraction of sp³-hybridized carbons (Fsp3) is 0.312. The van der Waals surface area contributed by atoms with E-state index in [0.717, 1.165) is 23.2 Å². The predicted molar refractivity (Wildman–Crippen MR) is 75.4 cm³/mol. The lowest BCUT2D eigenvalue weighted by atomic mass is 9.98. The maximum absolute atomic E-state index is 13.3. The Labute approximate surface area is 113 Å². The molecular formula is C16H19FN2. The standard InChI is InChI=1S/C16H19FN2/c1-3-12-5-7-14(19-10-12)9-16(18)15-8-13(17)6-4-11(15)2/h4-8,10,16H,3,9,18H2,1-2H3. The Balaban J connectivity index is 2.15. The van der Waals surface area contributed by atoms with E-state index < -0.39 is 0 Å². The largest absolute Gasteiger partial charge is 0.324 e. The van der Waals surface area contributed by atoms with Crippen LogP contribution < -0.4 is 5.73 Å². The lowest BCUT2D eigenvalue weighted by Crippen LogP contribution is -2.15. The molecule has 0 radical (unpaired) electrons. The summed E-state index contributed by atoms with van der Waals surface area (Å²) in [6.07, 6.45) is 3.47. The summed E-state index contributed by atoms with van der Waals surface area (Å²) >= 11 is 0. The van der Waals surface area contributed by atoms with Crippen LogP contribution in [0.3, 0.4) is 0 Å². The van der Waals surface area contributed by atoms with Crippen LogP contribution >= 0.6 is 0 Å². The van der Waals surface area contributed by atoms with Crippen molar-refractivity contribution in [2.45, 2.75) is 32.7 Å². The summed E-state index contributed by atoms with van der Waals surface area (Å²) in [7, 11) is 0. The molecule has 0 amide bonds. The zero-order chi connectivity index (χ0) is 13.8. The summed E-state index contributed by atoms with van der Waals surface area (Å²) in [6.45, 7) is 4.04. The van der Waals surface area contributed by atoms with E-state index in [1.165, 1.54) is 17.7 Å². The van der Waals surface area contributed by atoms with E-state index in [2.05, 4.69) is 18.0 Å². The maximum Gasteiger partial charge on any atom is 0.123 e. The first kappa shape index (κ1) is 13.7. The number of nitrogens with two attached hydrogens (primary N) is 1. The highest BCUT2D eigenvalue weighted by atomic mass is 19.1. The van der Waals surface area contributed by atoms with E-state index >= 15 is 0 Å². The van der Waals surface area contributed by atoms with Crippen molar-refractivity contribution in [2.24, 2.45) is 5.73 Å². The van der Waals surface area contributed by atoms with Crippen molar-refractivity contribution in [3.05, 3.63) is 64.7 Å². The van der Waals surface area contributed by atoms with Crippen molar-refractivity contribution in [1.82, 2.24) is 4.98 Å². The smallest absolute Gasteiger partial charge is 0.123 e. The molecule has 19 heavy (non-hydrogen) atoms. The Hall–Kier alpha value is -1.74. The molecule has 2 rings (SSSR count). The molecule has 2 aromatic rings. The third-order valence-electron chi connectivity index (χ3n) is 3.36. The van der Waals surface area contributed by atoms with Gasteiger partial charge in [0.1, 0.15) is 5.82 Å². The van der Waals surface area contributed by atoms with Crippen LogP contribution in [0.5, 0.6) is 0 Å². The van der Waals surface area contributed by atoms with Crippen molar-refractivity contribution in [3.63, 3.8) is 0 Å². The molecule has 0 aliphatic heterocycles. The molecule has 0 saturated heterocycles. The zero-order valence-electron chi connectivity index (χ0n) is 11.4. The van der Waals surface area contributed by atoms with E-state index in [-0.39, 0.29) is 11.9 Å². The van der Waals surface area contributed by atoms with Crippen LogP contribution in [0, 0.1) is 12.7 Å². The topological polar surface area (TPSA) is 38.9 Å². The Morgan fingerprint density at radius 1 is 1.26 bits per heavy atom. The predicted octanol–water partition coefficient (Wildman–Crippen LogP) is 3.33. The highest BCUT2D eigenvalue weighted by molar-refractivity contribution is 5.30. The lowest BCUT2D eigenvalue weighted by Gasteiger charge is -2.14. The van der Waals surface area contributed by atoms with Crippen molar-refractivity contribution in [1.29, 1.82) is 0 Å². The summed E-state index contributed by atoms with van der Waals surface area (Å²) in [5, 5.41) is 0. The number of hydrogen-bond acceptors (Lipinski definition) is 2. The summed E-state index contributed by atoms with van der Waals surface area (Å²) in [6, 6.07) is 8.56. The van der Waals surface area contributed by atoms with E-state index in [1.54, 1.807) is 6.07 Å². The number of halogens is 1. The number of hydrogen-bond donors (Lipinski definition) is 1. The van der Waals surface area contributed by atoms with Gasteiger partial charge in [0.25, 0.3) is 0 Å². The second-order valence-electron chi connectivity index (χ2n) is 4.82. The highest BCUT2D eigenvalue weighted by Crippen LogP contribution is 2.20.